The monoisotopic (exact) mass is 935 g/mol. The van der Waals surface area contributed by atoms with Gasteiger partial charge in [0.05, 0.1) is 61.1 Å². The van der Waals surface area contributed by atoms with Gasteiger partial charge in [-0.25, -0.2) is 0 Å². The van der Waals surface area contributed by atoms with E-state index in [-0.39, 0.29) is 72.7 Å². The predicted octanol–water partition coefficient (Wildman–Crippen LogP) is 3.55. The van der Waals surface area contributed by atoms with Crippen LogP contribution in [0.1, 0.15) is 97.4 Å². The first-order valence-corrected chi connectivity index (χ1v) is 22.9. The van der Waals surface area contributed by atoms with Gasteiger partial charge < -0.3 is 58.9 Å². The number of piperidine rings is 1. The molecule has 0 spiro atoms. The Kier molecular flexibility index (Phi) is 16.2. The lowest BCUT2D eigenvalue weighted by Gasteiger charge is -2.38. The van der Waals surface area contributed by atoms with Crippen LogP contribution in [0.4, 0.5) is 0 Å². The number of ether oxygens (including phenoxy) is 6. The largest absolute Gasteiger partial charge is 0.507 e. The Morgan fingerprint density at radius 2 is 1.61 bits per heavy atom. The minimum atomic E-state index is -2.14. The standard InChI is InChI=1S/C49H65N3O15/c1-25-12-10-13-26(2)48(61)50-38-39(52-17-20-63-21-18-52)44(59)35-36(43(38)58)42(57)30(6)46-37(35)47(60)49(7,67-46)65-19-15-32(62-9)27(3)45(29(5)41(56)28(4)40(25)55)66-34(54)22-33(53)64-24-31-14-11-16-51(8)23-31/h10,12-13,15,19,25,27-29,31-32,40-41,45,55-57H,11,14,16-18,20-24H2,1-9H3,(H,50,61)/t25-,27+,28+,29+,31?,32-,40-,41+,45+,49-/m0/s1. The van der Waals surface area contributed by atoms with Crippen molar-refractivity contribution in [2.75, 3.05) is 60.2 Å². The second kappa shape index (κ2) is 21.3. The van der Waals surface area contributed by atoms with Crippen LogP contribution in [0.15, 0.2) is 47.5 Å². The molecule has 6 aliphatic rings. The number of phenols is 1. The first kappa shape index (κ1) is 51.0. The summed E-state index contributed by atoms with van der Waals surface area (Å²) in [6.45, 7) is 13.6. The Morgan fingerprint density at radius 3 is 2.28 bits per heavy atom. The van der Waals surface area contributed by atoms with Crippen LogP contribution in [-0.4, -0.2) is 151 Å². The quantitative estimate of drug-likeness (QED) is 0.226. The second-order valence-electron chi connectivity index (χ2n) is 18.6. The average molecular weight is 936 g/mol. The Balaban J connectivity index is 1.37. The SMILES string of the molecule is CO[C@H]1C=CO[C@@]2(C)Oc3c(C)c(O)c4c(c3C2=O)C(=O)C(N2CCOCC2)=C(NC(=O)C(C)=CC=C[C@H](C)[C@H](O)[C@@H](C)[C@@H](O)[C@@H](C)[C@H](OC(=O)CC(=O)OCC2CCCN(C)C2)[C@@H]1C)C4=O. The molecule has 1 aliphatic carbocycles. The molecule has 5 heterocycles. The summed E-state index contributed by atoms with van der Waals surface area (Å²) in [5, 5.41) is 37.5. The second-order valence-corrected chi connectivity index (χ2v) is 18.6. The lowest BCUT2D eigenvalue weighted by atomic mass is 9.78. The van der Waals surface area contributed by atoms with Crippen LogP contribution in [0, 0.1) is 36.5 Å². The molecule has 18 nitrogen and oxygen atoms in total. The molecular weight excluding hydrogens is 871 g/mol. The number of aliphatic hydroxyl groups is 2. The number of nitrogens with zero attached hydrogens (tertiary/aromatic N) is 2. The molecule has 0 aromatic heterocycles. The number of aromatic hydroxyl groups is 1. The van der Waals surface area contributed by atoms with Gasteiger partial charge >= 0.3 is 17.7 Å². The topological polar surface area (TPSA) is 237 Å². The number of amides is 1. The maximum atomic E-state index is 14.8. The van der Waals surface area contributed by atoms with E-state index in [9.17, 15) is 44.1 Å². The predicted molar refractivity (Wildman–Crippen MR) is 241 cm³/mol. The third-order valence-corrected chi connectivity index (χ3v) is 13.7. The summed E-state index contributed by atoms with van der Waals surface area (Å²) < 4.78 is 34.9. The van der Waals surface area contributed by atoms with Crippen LogP contribution in [-0.2, 0) is 38.1 Å². The number of likely N-dealkylation sites (tertiary alicyclic amines) is 1. The highest BCUT2D eigenvalue weighted by Gasteiger charge is 2.53. The number of rotatable bonds is 7. The van der Waals surface area contributed by atoms with Gasteiger partial charge in [-0.15, -0.1) is 0 Å². The summed E-state index contributed by atoms with van der Waals surface area (Å²) >= 11 is 0. The van der Waals surface area contributed by atoms with Gasteiger partial charge in [0.25, 0.3) is 11.7 Å². The minimum absolute atomic E-state index is 0.0246. The Bertz CT molecular complexity index is 2240. The van der Waals surface area contributed by atoms with Crippen LogP contribution in [0.25, 0.3) is 0 Å². The van der Waals surface area contributed by atoms with E-state index in [2.05, 4.69) is 10.2 Å². The van der Waals surface area contributed by atoms with E-state index in [4.69, 9.17) is 28.4 Å². The van der Waals surface area contributed by atoms with Crippen molar-refractivity contribution in [2.45, 2.75) is 97.9 Å². The number of carbonyl (C=O) groups excluding carboxylic acids is 6. The summed E-state index contributed by atoms with van der Waals surface area (Å²) in [7, 11) is 3.39. The van der Waals surface area contributed by atoms with Gasteiger partial charge in [-0.05, 0) is 46.4 Å². The Morgan fingerprint density at radius 1 is 0.910 bits per heavy atom. The highest BCUT2D eigenvalue weighted by molar-refractivity contribution is 6.32. The molecule has 366 valence electrons. The molecule has 0 saturated carbocycles. The maximum absolute atomic E-state index is 14.8. The minimum Gasteiger partial charge on any atom is -0.507 e. The number of hydrogen-bond acceptors (Lipinski definition) is 17. The van der Waals surface area contributed by atoms with Crippen molar-refractivity contribution >= 4 is 35.2 Å². The lowest BCUT2D eigenvalue weighted by Crippen LogP contribution is -2.47. The number of esters is 2. The summed E-state index contributed by atoms with van der Waals surface area (Å²) in [6.07, 6.45) is 3.91. The number of Topliss-reactive ketones (excluding diaryl/α,β-unsaturated/α-hetero) is 3. The van der Waals surface area contributed by atoms with E-state index >= 15 is 0 Å². The zero-order chi connectivity index (χ0) is 49.1. The number of hydrogen-bond donors (Lipinski definition) is 4. The number of nitrogens with one attached hydrogen (secondary N) is 1. The van der Waals surface area contributed by atoms with Crippen molar-refractivity contribution in [1.29, 1.82) is 0 Å². The number of benzene rings is 1. The Labute approximate surface area is 390 Å². The molecule has 1 unspecified atom stereocenters. The van der Waals surface area contributed by atoms with Crippen LogP contribution in [0.5, 0.6) is 11.5 Å². The number of morpholine rings is 1. The fourth-order valence-electron chi connectivity index (χ4n) is 9.56. The third kappa shape index (κ3) is 10.7. The molecule has 1 aromatic rings. The first-order chi connectivity index (χ1) is 31.7. The molecule has 1 aromatic carbocycles. The number of phenolic OH excluding ortho intramolecular Hbond substituents is 1. The molecule has 5 aliphatic heterocycles. The zero-order valence-electron chi connectivity index (χ0n) is 39.8. The number of carbonyl (C=O) groups is 6. The van der Waals surface area contributed by atoms with Gasteiger partial charge in [0.2, 0.25) is 11.6 Å². The summed E-state index contributed by atoms with van der Waals surface area (Å²) in [6, 6.07) is 0. The summed E-state index contributed by atoms with van der Waals surface area (Å²) in [5.74, 6) is -10.8. The van der Waals surface area contributed by atoms with Gasteiger partial charge in [0, 0.05) is 74.4 Å². The molecule has 7 rings (SSSR count). The fourth-order valence-corrected chi connectivity index (χ4v) is 9.56. The molecule has 2 saturated heterocycles. The van der Waals surface area contributed by atoms with Crippen molar-refractivity contribution < 1.29 is 72.5 Å². The van der Waals surface area contributed by atoms with Crippen LogP contribution >= 0.6 is 0 Å². The van der Waals surface area contributed by atoms with Crippen molar-refractivity contribution in [2.24, 2.45) is 29.6 Å². The van der Waals surface area contributed by atoms with Gasteiger partial charge in [0.15, 0.2) is 0 Å². The van der Waals surface area contributed by atoms with Gasteiger partial charge in [0.1, 0.15) is 35.4 Å². The third-order valence-electron chi connectivity index (χ3n) is 13.7. The van der Waals surface area contributed by atoms with Crippen LogP contribution in [0.3, 0.4) is 0 Å². The molecule has 67 heavy (non-hydrogen) atoms. The zero-order valence-corrected chi connectivity index (χ0v) is 39.8. The molecule has 10 atom stereocenters. The number of methoxy groups -OCH3 is 1. The van der Waals surface area contributed by atoms with Crippen molar-refractivity contribution in [3.05, 3.63) is 69.8 Å². The summed E-state index contributed by atoms with van der Waals surface area (Å²) in [4.78, 5) is 87.8. The van der Waals surface area contributed by atoms with Gasteiger partial charge in [-0.2, -0.15) is 0 Å². The van der Waals surface area contributed by atoms with Gasteiger partial charge in [-0.1, -0.05) is 45.9 Å². The molecular formula is C49H65N3O15. The van der Waals surface area contributed by atoms with E-state index < -0.39 is 112 Å². The van der Waals surface area contributed by atoms with Crippen molar-refractivity contribution in [3.63, 3.8) is 0 Å². The fraction of sp³-hybridized carbons (Fsp3) is 0.592. The normalized spacial score (nSPS) is 31.2. The molecule has 1 amide bonds. The molecule has 5 bridgehead atoms. The van der Waals surface area contributed by atoms with Crippen molar-refractivity contribution in [3.8, 4) is 11.5 Å². The lowest BCUT2D eigenvalue weighted by molar-refractivity contribution is -0.168. The van der Waals surface area contributed by atoms with E-state index in [0.29, 0.717) is 0 Å². The average Bonchev–Trinajstić information content (AvgIpc) is 3.56. The molecule has 2 fully saturated rings. The van der Waals surface area contributed by atoms with Crippen LogP contribution in [0.2, 0.25) is 0 Å². The summed E-state index contributed by atoms with van der Waals surface area (Å²) in [5.41, 5.74) is -1.64. The number of ketones is 3. The van der Waals surface area contributed by atoms with E-state index in [1.54, 1.807) is 44.7 Å². The number of fused-ring (bicyclic) bond motifs is 14. The highest BCUT2D eigenvalue weighted by atomic mass is 16.7. The van der Waals surface area contributed by atoms with E-state index in [1.165, 1.54) is 40.0 Å². The van der Waals surface area contributed by atoms with Crippen LogP contribution < -0.4 is 10.1 Å². The van der Waals surface area contributed by atoms with Crippen molar-refractivity contribution in [1.82, 2.24) is 15.1 Å². The smallest absolute Gasteiger partial charge is 0.317 e. The van der Waals surface area contributed by atoms with E-state index in [1.807, 2.05) is 7.05 Å². The number of allylic oxidation sites excluding steroid dienone is 4. The molecule has 18 heteroatoms. The Hall–Kier alpha value is -5.40. The maximum Gasteiger partial charge on any atom is 0.317 e. The molecule has 4 N–H and O–H groups in total. The first-order valence-electron chi connectivity index (χ1n) is 22.9. The highest BCUT2D eigenvalue weighted by Crippen LogP contribution is 2.49. The van der Waals surface area contributed by atoms with E-state index in [0.717, 1.165) is 32.2 Å². The molecule has 0 radical (unpaired) electrons. The van der Waals surface area contributed by atoms with Gasteiger partial charge in [-0.3, -0.25) is 28.8 Å². The number of aliphatic hydroxyl groups excluding tert-OH is 2.